The first kappa shape index (κ1) is 10.1. The monoisotopic (exact) mass is 200 g/mol. The summed E-state index contributed by atoms with van der Waals surface area (Å²) in [7, 11) is 1.58. The smallest absolute Gasteiger partial charge is 0.203 e. The van der Waals surface area contributed by atoms with Crippen molar-refractivity contribution in [3.63, 3.8) is 0 Å². The van der Waals surface area contributed by atoms with Crippen LogP contribution in [-0.4, -0.2) is 17.6 Å². The van der Waals surface area contributed by atoms with Crippen LogP contribution in [-0.2, 0) is 11.1 Å². The Morgan fingerprint density at radius 1 is 1.23 bits per heavy atom. The van der Waals surface area contributed by atoms with Crippen LogP contribution in [0.15, 0.2) is 18.2 Å². The van der Waals surface area contributed by atoms with Crippen molar-refractivity contribution in [3.8, 4) is 11.5 Å². The molecule has 1 atom stereocenters. The summed E-state index contributed by atoms with van der Waals surface area (Å²) >= 11 is -1.29. The number of ether oxygens (including phenoxy) is 1. The molecule has 13 heavy (non-hydrogen) atoms. The lowest BCUT2D eigenvalue weighted by molar-refractivity contribution is 0.412. The minimum absolute atomic E-state index is 0.567. The first-order chi connectivity index (χ1) is 6.11. The van der Waals surface area contributed by atoms with Gasteiger partial charge in [0.1, 0.15) is 11.5 Å². The van der Waals surface area contributed by atoms with Crippen LogP contribution in [0.2, 0.25) is 0 Å². The van der Waals surface area contributed by atoms with Crippen molar-refractivity contribution < 1.29 is 13.1 Å². The van der Waals surface area contributed by atoms with E-state index in [4.69, 9.17) is 8.92 Å². The molecule has 0 aromatic heterocycles. The second kappa shape index (κ2) is 4.28. The highest BCUT2D eigenvalue weighted by Crippen LogP contribution is 2.22. The first-order valence-corrected chi connectivity index (χ1v) is 5.27. The Labute approximate surface area is 80.3 Å². The zero-order valence-corrected chi connectivity index (χ0v) is 8.68. The van der Waals surface area contributed by atoms with E-state index in [1.165, 1.54) is 6.26 Å². The minimum Gasteiger partial charge on any atom is -0.497 e. The number of rotatable bonds is 3. The molecule has 0 heterocycles. The van der Waals surface area contributed by atoms with Crippen LogP contribution in [0.5, 0.6) is 11.5 Å². The topological polar surface area (TPSA) is 35.5 Å². The van der Waals surface area contributed by atoms with Gasteiger partial charge in [-0.2, -0.15) is 0 Å². The van der Waals surface area contributed by atoms with Crippen LogP contribution in [0, 0.1) is 6.92 Å². The van der Waals surface area contributed by atoms with Gasteiger partial charge in [0.05, 0.1) is 7.11 Å². The maximum Gasteiger partial charge on any atom is 0.203 e. The second-order valence-corrected chi connectivity index (χ2v) is 3.64. The van der Waals surface area contributed by atoms with Crippen LogP contribution in [0.25, 0.3) is 0 Å². The Morgan fingerprint density at radius 2 is 1.85 bits per heavy atom. The van der Waals surface area contributed by atoms with E-state index >= 15 is 0 Å². The molecule has 1 aromatic rings. The summed E-state index contributed by atoms with van der Waals surface area (Å²) in [6, 6.07) is 5.39. The Morgan fingerprint density at radius 3 is 2.38 bits per heavy atom. The Hall–Kier alpha value is -1.03. The Balaban J connectivity index is 2.94. The second-order valence-electron chi connectivity index (χ2n) is 2.67. The molecular weight excluding hydrogens is 188 g/mol. The Bertz CT molecular complexity index is 323. The number of benzene rings is 1. The SMILES string of the molecule is COc1cc(C)cc(OS(C)=O)c1. The molecule has 0 saturated carbocycles. The lowest BCUT2D eigenvalue weighted by Crippen LogP contribution is -1.97. The van der Waals surface area contributed by atoms with Gasteiger partial charge in [0.25, 0.3) is 0 Å². The van der Waals surface area contributed by atoms with Crippen LogP contribution >= 0.6 is 0 Å². The van der Waals surface area contributed by atoms with Crippen molar-refractivity contribution in [2.45, 2.75) is 6.92 Å². The summed E-state index contributed by atoms with van der Waals surface area (Å²) in [5.74, 6) is 1.28. The fourth-order valence-electron chi connectivity index (χ4n) is 1.02. The third kappa shape index (κ3) is 3.06. The summed E-state index contributed by atoms with van der Waals surface area (Å²) in [5, 5.41) is 0. The third-order valence-corrected chi connectivity index (χ3v) is 1.90. The van der Waals surface area contributed by atoms with E-state index in [1.54, 1.807) is 13.2 Å². The standard InChI is InChI=1S/C9H12O3S/c1-7-4-8(11-2)6-9(5-7)12-13(3)10/h4-6H,1-3H3. The van der Waals surface area contributed by atoms with E-state index in [-0.39, 0.29) is 0 Å². The molecule has 1 aromatic carbocycles. The average Bonchev–Trinajstić information content (AvgIpc) is 2.01. The van der Waals surface area contributed by atoms with E-state index in [9.17, 15) is 4.21 Å². The number of hydrogen-bond acceptors (Lipinski definition) is 3. The fourth-order valence-corrected chi connectivity index (χ4v) is 1.38. The quantitative estimate of drug-likeness (QED) is 0.744. The van der Waals surface area contributed by atoms with Gasteiger partial charge in [-0.3, -0.25) is 0 Å². The fraction of sp³-hybridized carbons (Fsp3) is 0.333. The summed E-state index contributed by atoms with van der Waals surface area (Å²) in [4.78, 5) is 0. The van der Waals surface area contributed by atoms with E-state index in [2.05, 4.69) is 0 Å². The maximum absolute atomic E-state index is 10.8. The van der Waals surface area contributed by atoms with E-state index in [0.29, 0.717) is 11.5 Å². The van der Waals surface area contributed by atoms with Crippen molar-refractivity contribution in [2.75, 3.05) is 13.4 Å². The third-order valence-electron chi connectivity index (χ3n) is 1.47. The minimum atomic E-state index is -1.29. The summed E-state index contributed by atoms with van der Waals surface area (Å²) < 4.78 is 20.8. The molecule has 0 bridgehead atoms. The van der Waals surface area contributed by atoms with Gasteiger partial charge in [-0.05, 0) is 24.6 Å². The van der Waals surface area contributed by atoms with Gasteiger partial charge in [0, 0.05) is 12.3 Å². The van der Waals surface area contributed by atoms with Gasteiger partial charge in [-0.25, -0.2) is 4.21 Å². The normalized spacial score (nSPS) is 12.2. The molecule has 0 aliphatic heterocycles. The van der Waals surface area contributed by atoms with Crippen LogP contribution < -0.4 is 8.92 Å². The van der Waals surface area contributed by atoms with Gasteiger partial charge in [0.15, 0.2) is 0 Å². The molecule has 72 valence electrons. The van der Waals surface area contributed by atoms with Crippen LogP contribution in [0.3, 0.4) is 0 Å². The molecule has 0 aliphatic carbocycles. The molecule has 0 amide bonds. The molecule has 1 unspecified atom stereocenters. The number of aryl methyl sites for hydroxylation is 1. The number of methoxy groups -OCH3 is 1. The largest absolute Gasteiger partial charge is 0.497 e. The summed E-state index contributed by atoms with van der Waals surface area (Å²) in [6.45, 7) is 1.92. The molecule has 1 rings (SSSR count). The predicted molar refractivity (Wildman–Crippen MR) is 52.4 cm³/mol. The van der Waals surface area contributed by atoms with Crippen molar-refractivity contribution in [1.82, 2.24) is 0 Å². The van der Waals surface area contributed by atoms with Gasteiger partial charge in [-0.1, -0.05) is 0 Å². The van der Waals surface area contributed by atoms with Crippen molar-refractivity contribution in [1.29, 1.82) is 0 Å². The van der Waals surface area contributed by atoms with Gasteiger partial charge in [0.2, 0.25) is 11.1 Å². The van der Waals surface area contributed by atoms with Crippen LogP contribution in [0.1, 0.15) is 5.56 Å². The zero-order chi connectivity index (χ0) is 9.84. The molecule has 0 fully saturated rings. The molecule has 0 radical (unpaired) electrons. The highest BCUT2D eigenvalue weighted by molar-refractivity contribution is 7.79. The molecule has 3 nitrogen and oxygen atoms in total. The van der Waals surface area contributed by atoms with Gasteiger partial charge in [-0.15, -0.1) is 0 Å². The van der Waals surface area contributed by atoms with Crippen LogP contribution in [0.4, 0.5) is 0 Å². The molecule has 0 spiro atoms. The molecule has 0 aliphatic rings. The van der Waals surface area contributed by atoms with Gasteiger partial charge < -0.3 is 8.92 Å². The first-order valence-electron chi connectivity index (χ1n) is 3.79. The van der Waals surface area contributed by atoms with Gasteiger partial charge >= 0.3 is 0 Å². The Kier molecular flexibility index (Phi) is 3.31. The van der Waals surface area contributed by atoms with Crippen molar-refractivity contribution >= 4 is 11.1 Å². The predicted octanol–water partition coefficient (Wildman–Crippen LogP) is 1.68. The van der Waals surface area contributed by atoms with E-state index in [1.807, 2.05) is 19.1 Å². The molecule has 0 saturated heterocycles. The molecule has 0 N–H and O–H groups in total. The van der Waals surface area contributed by atoms with Crippen molar-refractivity contribution in [3.05, 3.63) is 23.8 Å². The lowest BCUT2D eigenvalue weighted by atomic mass is 10.2. The molecular formula is C9H12O3S. The van der Waals surface area contributed by atoms with Crippen molar-refractivity contribution in [2.24, 2.45) is 0 Å². The highest BCUT2D eigenvalue weighted by Gasteiger charge is 2.00. The van der Waals surface area contributed by atoms with E-state index < -0.39 is 11.1 Å². The molecule has 4 heteroatoms. The highest BCUT2D eigenvalue weighted by atomic mass is 32.2. The zero-order valence-electron chi connectivity index (χ0n) is 7.87. The number of hydrogen-bond donors (Lipinski definition) is 0. The van der Waals surface area contributed by atoms with E-state index in [0.717, 1.165) is 5.56 Å². The maximum atomic E-state index is 10.8. The summed E-state index contributed by atoms with van der Waals surface area (Å²) in [5.41, 5.74) is 1.01. The lowest BCUT2D eigenvalue weighted by Gasteiger charge is -2.05. The average molecular weight is 200 g/mol. The summed E-state index contributed by atoms with van der Waals surface area (Å²) in [6.07, 6.45) is 1.48.